The number of carbonyl (C=O) groups excluding carboxylic acids is 1. The van der Waals surface area contributed by atoms with Crippen LogP contribution in [0.2, 0.25) is 0 Å². The van der Waals surface area contributed by atoms with Gasteiger partial charge in [-0.15, -0.1) is 0 Å². The molecular formula is C19H32N4O. The van der Waals surface area contributed by atoms with E-state index < -0.39 is 0 Å². The molecule has 1 fully saturated rings. The van der Waals surface area contributed by atoms with Gasteiger partial charge in [-0.25, -0.2) is 4.98 Å². The number of amides is 1. The molecule has 1 aliphatic heterocycles. The normalized spacial score (nSPS) is 18.2. The molecule has 5 heteroatoms. The van der Waals surface area contributed by atoms with Crippen LogP contribution in [0.15, 0.2) is 24.4 Å². The highest BCUT2D eigenvalue weighted by Gasteiger charge is 2.27. The first kappa shape index (κ1) is 18.7. The van der Waals surface area contributed by atoms with Crippen LogP contribution < -0.4 is 10.6 Å². The second-order valence-electron chi connectivity index (χ2n) is 6.91. The van der Waals surface area contributed by atoms with Gasteiger partial charge in [0, 0.05) is 32.4 Å². The first-order chi connectivity index (χ1) is 11.6. The van der Waals surface area contributed by atoms with E-state index in [9.17, 15) is 4.79 Å². The number of hydrogen-bond acceptors (Lipinski definition) is 4. The second kappa shape index (κ2) is 9.02. The van der Waals surface area contributed by atoms with Crippen molar-refractivity contribution in [3.8, 4) is 0 Å². The van der Waals surface area contributed by atoms with E-state index in [1.54, 1.807) is 0 Å². The molecule has 2 atom stereocenters. The summed E-state index contributed by atoms with van der Waals surface area (Å²) >= 11 is 0. The highest BCUT2D eigenvalue weighted by molar-refractivity contribution is 5.81. The fraction of sp³-hybridized carbons (Fsp3) is 0.684. The van der Waals surface area contributed by atoms with E-state index >= 15 is 0 Å². The zero-order valence-electron chi connectivity index (χ0n) is 15.3. The van der Waals surface area contributed by atoms with Crippen LogP contribution in [0.5, 0.6) is 0 Å². The molecule has 2 heterocycles. The van der Waals surface area contributed by atoms with Gasteiger partial charge in [0.2, 0.25) is 5.91 Å². The summed E-state index contributed by atoms with van der Waals surface area (Å²) in [7, 11) is 0. The lowest BCUT2D eigenvalue weighted by Crippen LogP contribution is -2.49. The van der Waals surface area contributed by atoms with Crippen molar-refractivity contribution in [1.29, 1.82) is 0 Å². The molecule has 1 aromatic heterocycles. The molecule has 0 saturated carbocycles. The number of piperidine rings is 1. The summed E-state index contributed by atoms with van der Waals surface area (Å²) in [6.07, 6.45) is 4.97. The minimum absolute atomic E-state index is 0.110. The van der Waals surface area contributed by atoms with Crippen molar-refractivity contribution < 1.29 is 4.79 Å². The van der Waals surface area contributed by atoms with Crippen molar-refractivity contribution in [2.75, 3.05) is 31.1 Å². The average molecular weight is 332 g/mol. The molecule has 1 amide bonds. The van der Waals surface area contributed by atoms with Gasteiger partial charge in [0.25, 0.3) is 0 Å². The molecule has 134 valence electrons. The van der Waals surface area contributed by atoms with Crippen molar-refractivity contribution in [3.63, 3.8) is 0 Å². The Hall–Kier alpha value is -1.62. The summed E-state index contributed by atoms with van der Waals surface area (Å²) in [5, 5.41) is 0. The van der Waals surface area contributed by atoms with Gasteiger partial charge in [-0.05, 0) is 43.7 Å². The van der Waals surface area contributed by atoms with Gasteiger partial charge < -0.3 is 15.5 Å². The number of rotatable bonds is 7. The van der Waals surface area contributed by atoms with Gasteiger partial charge in [0.1, 0.15) is 5.82 Å². The molecule has 0 radical (unpaired) electrons. The van der Waals surface area contributed by atoms with Gasteiger partial charge >= 0.3 is 0 Å². The molecule has 0 aliphatic carbocycles. The van der Waals surface area contributed by atoms with Crippen LogP contribution in [0.25, 0.3) is 0 Å². The lowest BCUT2D eigenvalue weighted by atomic mass is 9.94. The molecule has 2 N–H and O–H groups in total. The van der Waals surface area contributed by atoms with E-state index in [-0.39, 0.29) is 17.9 Å². The Labute approximate surface area is 146 Å². The predicted octanol–water partition coefficient (Wildman–Crippen LogP) is 2.52. The van der Waals surface area contributed by atoms with E-state index in [4.69, 9.17) is 5.73 Å². The second-order valence-corrected chi connectivity index (χ2v) is 6.91. The Kier molecular flexibility index (Phi) is 7.03. The first-order valence-electron chi connectivity index (χ1n) is 9.27. The summed E-state index contributed by atoms with van der Waals surface area (Å²) < 4.78 is 0. The van der Waals surface area contributed by atoms with Crippen LogP contribution in [-0.4, -0.2) is 48.0 Å². The summed E-state index contributed by atoms with van der Waals surface area (Å²) in [6.45, 7) is 9.77. The van der Waals surface area contributed by atoms with Gasteiger partial charge in [0.05, 0.1) is 6.04 Å². The maximum absolute atomic E-state index is 12.6. The van der Waals surface area contributed by atoms with Crippen LogP contribution in [0.4, 0.5) is 5.82 Å². The highest BCUT2D eigenvalue weighted by atomic mass is 16.2. The number of anilines is 1. The van der Waals surface area contributed by atoms with E-state index in [1.807, 2.05) is 30.2 Å². The summed E-state index contributed by atoms with van der Waals surface area (Å²) in [4.78, 5) is 21.3. The zero-order valence-corrected chi connectivity index (χ0v) is 15.3. The van der Waals surface area contributed by atoms with Crippen molar-refractivity contribution in [2.45, 2.75) is 46.1 Å². The third-order valence-corrected chi connectivity index (χ3v) is 5.30. The van der Waals surface area contributed by atoms with Crippen molar-refractivity contribution in [2.24, 2.45) is 17.6 Å². The topological polar surface area (TPSA) is 62.5 Å². The molecular weight excluding hydrogens is 300 g/mol. The molecule has 2 unspecified atom stereocenters. The highest BCUT2D eigenvalue weighted by Crippen LogP contribution is 2.22. The van der Waals surface area contributed by atoms with Crippen molar-refractivity contribution in [1.82, 2.24) is 9.88 Å². The van der Waals surface area contributed by atoms with Crippen LogP contribution in [0.1, 0.15) is 40.0 Å². The van der Waals surface area contributed by atoms with Crippen LogP contribution in [-0.2, 0) is 4.79 Å². The zero-order chi connectivity index (χ0) is 17.5. The number of pyridine rings is 1. The van der Waals surface area contributed by atoms with E-state index in [0.29, 0.717) is 5.92 Å². The first-order valence-corrected chi connectivity index (χ1v) is 9.27. The Morgan fingerprint density at radius 3 is 2.62 bits per heavy atom. The Morgan fingerprint density at radius 1 is 1.38 bits per heavy atom. The third kappa shape index (κ3) is 4.69. The van der Waals surface area contributed by atoms with Gasteiger partial charge in [-0.3, -0.25) is 4.79 Å². The molecule has 1 aromatic rings. The van der Waals surface area contributed by atoms with E-state index in [1.165, 1.54) is 0 Å². The molecule has 0 spiro atoms. The maximum Gasteiger partial charge on any atom is 0.239 e. The number of nitrogens with two attached hydrogens (primary N) is 1. The van der Waals surface area contributed by atoms with Crippen LogP contribution in [0, 0.1) is 11.8 Å². The number of likely N-dealkylation sites (N-methyl/N-ethyl adjacent to an activating group) is 1. The summed E-state index contributed by atoms with van der Waals surface area (Å²) in [6, 6.07) is 5.67. The number of hydrogen-bond donors (Lipinski definition) is 1. The lowest BCUT2D eigenvalue weighted by molar-refractivity contribution is -0.134. The van der Waals surface area contributed by atoms with Crippen molar-refractivity contribution in [3.05, 3.63) is 24.4 Å². The quantitative estimate of drug-likeness (QED) is 0.833. The molecule has 5 nitrogen and oxygen atoms in total. The Balaban J connectivity index is 1.86. The van der Waals surface area contributed by atoms with Crippen LogP contribution in [0.3, 0.4) is 0 Å². The molecule has 24 heavy (non-hydrogen) atoms. The van der Waals surface area contributed by atoms with E-state index in [0.717, 1.165) is 51.3 Å². The van der Waals surface area contributed by atoms with Crippen molar-refractivity contribution >= 4 is 11.7 Å². The summed E-state index contributed by atoms with van der Waals surface area (Å²) in [5.41, 5.74) is 6.14. The number of carbonyl (C=O) groups is 1. The minimum atomic E-state index is -0.372. The number of aromatic nitrogens is 1. The standard InChI is InChI=1S/C19H32N4O/c1-4-15(3)18(20)19(24)22(5-2)14-16-9-12-23(13-10-16)17-8-6-7-11-21-17/h6-8,11,15-16,18H,4-5,9-10,12-14,20H2,1-3H3. The molecule has 2 rings (SSSR count). The third-order valence-electron chi connectivity index (χ3n) is 5.30. The number of nitrogens with zero attached hydrogens (tertiary/aromatic N) is 3. The largest absolute Gasteiger partial charge is 0.357 e. The smallest absolute Gasteiger partial charge is 0.239 e. The predicted molar refractivity (Wildman–Crippen MR) is 98.9 cm³/mol. The minimum Gasteiger partial charge on any atom is -0.357 e. The Morgan fingerprint density at radius 2 is 2.08 bits per heavy atom. The molecule has 0 aromatic carbocycles. The van der Waals surface area contributed by atoms with Gasteiger partial charge in [-0.1, -0.05) is 26.3 Å². The van der Waals surface area contributed by atoms with Gasteiger partial charge in [0.15, 0.2) is 0 Å². The Bertz CT molecular complexity index is 499. The van der Waals surface area contributed by atoms with Gasteiger partial charge in [-0.2, -0.15) is 0 Å². The average Bonchev–Trinajstić information content (AvgIpc) is 2.65. The van der Waals surface area contributed by atoms with E-state index in [2.05, 4.69) is 29.8 Å². The lowest BCUT2D eigenvalue weighted by Gasteiger charge is -2.36. The molecule has 1 saturated heterocycles. The monoisotopic (exact) mass is 332 g/mol. The fourth-order valence-corrected chi connectivity index (χ4v) is 3.28. The van der Waals surface area contributed by atoms with Crippen LogP contribution >= 0.6 is 0 Å². The SMILES string of the molecule is CCC(C)C(N)C(=O)N(CC)CC1CCN(c2ccccn2)CC1. The molecule has 1 aliphatic rings. The summed E-state index contributed by atoms with van der Waals surface area (Å²) in [5.74, 6) is 1.95. The molecule has 0 bridgehead atoms. The maximum atomic E-state index is 12.6. The fourth-order valence-electron chi connectivity index (χ4n) is 3.28.